The van der Waals surface area contributed by atoms with E-state index in [0.717, 1.165) is 72.1 Å². The fraction of sp³-hybridized carbons (Fsp3) is 0. The van der Waals surface area contributed by atoms with Crippen LogP contribution in [0.2, 0.25) is 0 Å². The minimum absolute atomic E-state index is 0.248. The molecule has 9 aromatic rings. The van der Waals surface area contributed by atoms with Gasteiger partial charge in [-0.05, 0) is 90.0 Å². The number of furan rings is 1. The van der Waals surface area contributed by atoms with E-state index >= 15 is 0 Å². The van der Waals surface area contributed by atoms with Crippen molar-refractivity contribution < 1.29 is 8.81 Å². The lowest BCUT2D eigenvalue weighted by atomic mass is 10.0. The van der Waals surface area contributed by atoms with Crippen LogP contribution in [0.25, 0.3) is 60.6 Å². The van der Waals surface area contributed by atoms with E-state index in [1.54, 1.807) is 0 Å². The van der Waals surface area contributed by atoms with Crippen molar-refractivity contribution in [2.45, 2.75) is 0 Å². The van der Waals surface area contributed by atoms with Crippen LogP contribution in [0.15, 0.2) is 168 Å². The molecule has 0 saturated heterocycles. The van der Waals surface area contributed by atoms with Crippen LogP contribution in [0.4, 0.5) is 21.5 Å². The summed E-state index contributed by atoms with van der Waals surface area (Å²) >= 11 is 0. The summed E-state index contributed by atoms with van der Waals surface area (Å²) in [4.78, 5) is 2.32. The van der Waals surface area contributed by atoms with Crippen molar-refractivity contribution in [3.63, 3.8) is 0 Å². The summed E-state index contributed by atoms with van der Waals surface area (Å²) in [6.45, 7) is 0. The monoisotopic (exact) mass is 594 g/mol. The number of para-hydroxylation sites is 2. The van der Waals surface area contributed by atoms with Crippen LogP contribution in [-0.4, -0.2) is 4.57 Å². The molecule has 9 rings (SSSR count). The van der Waals surface area contributed by atoms with E-state index in [9.17, 15) is 4.39 Å². The van der Waals surface area contributed by atoms with Gasteiger partial charge in [0.05, 0.1) is 22.1 Å². The maximum absolute atomic E-state index is 13.9. The summed E-state index contributed by atoms with van der Waals surface area (Å²) in [5.74, 6) is -0.248. The van der Waals surface area contributed by atoms with E-state index < -0.39 is 0 Å². The molecule has 2 aromatic heterocycles. The van der Waals surface area contributed by atoms with Gasteiger partial charge in [0.15, 0.2) is 0 Å². The van der Waals surface area contributed by atoms with Gasteiger partial charge in [0, 0.05) is 33.2 Å². The number of halogens is 1. The Morgan fingerprint density at radius 2 is 1.13 bits per heavy atom. The molecule has 2 heterocycles. The lowest BCUT2D eigenvalue weighted by molar-refractivity contribution is 0.627. The van der Waals surface area contributed by atoms with Crippen LogP contribution in [0, 0.1) is 5.82 Å². The van der Waals surface area contributed by atoms with Crippen LogP contribution in [0.1, 0.15) is 0 Å². The topological polar surface area (TPSA) is 21.3 Å². The van der Waals surface area contributed by atoms with Crippen molar-refractivity contribution >= 4 is 60.8 Å². The van der Waals surface area contributed by atoms with E-state index in [4.69, 9.17) is 4.42 Å². The first kappa shape index (κ1) is 26.3. The Bertz CT molecular complexity index is 2530. The lowest BCUT2D eigenvalue weighted by Crippen LogP contribution is -2.10. The molecule has 7 aromatic carbocycles. The summed E-state index contributed by atoms with van der Waals surface area (Å²) in [6, 6.07) is 55.4. The highest BCUT2D eigenvalue weighted by Gasteiger charge is 2.21. The molecule has 4 heteroatoms. The normalized spacial score (nSPS) is 11.6. The highest BCUT2D eigenvalue weighted by molar-refractivity contribution is 6.14. The van der Waals surface area contributed by atoms with Gasteiger partial charge < -0.3 is 13.9 Å². The Kier molecular flexibility index (Phi) is 6.00. The highest BCUT2D eigenvalue weighted by Crippen LogP contribution is 2.44. The van der Waals surface area contributed by atoms with Crippen LogP contribution < -0.4 is 4.90 Å². The van der Waals surface area contributed by atoms with Crippen molar-refractivity contribution in [3.05, 3.63) is 170 Å². The molecule has 3 nitrogen and oxygen atoms in total. The third kappa shape index (κ3) is 4.19. The maximum Gasteiger partial charge on any atom is 0.137 e. The molecular weight excluding hydrogens is 567 g/mol. The average molecular weight is 595 g/mol. The summed E-state index contributed by atoms with van der Waals surface area (Å²) in [7, 11) is 0. The van der Waals surface area contributed by atoms with Crippen molar-refractivity contribution in [3.8, 4) is 16.8 Å². The van der Waals surface area contributed by atoms with Crippen molar-refractivity contribution in [1.29, 1.82) is 0 Å². The minimum atomic E-state index is -0.248. The standard InChI is InChI=1S/C42H27FN2O/c43-30-19-23-32(24-20-30)45-37-13-6-4-11-34(37)36-27-33(25-26-38(36)45)44(31-21-17-29(18-22-31)28-9-2-1-3-10-28)39-14-8-16-41-42(39)35-12-5-7-15-40(35)46-41/h1-27H. The molecule has 0 unspecified atom stereocenters. The number of hydrogen-bond acceptors (Lipinski definition) is 2. The summed E-state index contributed by atoms with van der Waals surface area (Å²) in [6.07, 6.45) is 0. The van der Waals surface area contributed by atoms with Crippen LogP contribution >= 0.6 is 0 Å². The molecular formula is C42H27FN2O. The van der Waals surface area contributed by atoms with Gasteiger partial charge in [-0.2, -0.15) is 0 Å². The second-order valence-electron chi connectivity index (χ2n) is 11.5. The number of anilines is 3. The third-order valence-corrected chi connectivity index (χ3v) is 8.85. The Morgan fingerprint density at radius 1 is 0.478 bits per heavy atom. The van der Waals surface area contributed by atoms with Gasteiger partial charge >= 0.3 is 0 Å². The SMILES string of the molecule is Fc1ccc(-n2c3ccccc3c3cc(N(c4ccc(-c5ccccc5)cc4)c4cccc5oc6ccccc6c45)ccc32)cc1. The Labute approximate surface area is 265 Å². The molecule has 0 saturated carbocycles. The zero-order valence-corrected chi connectivity index (χ0v) is 24.8. The van der Waals surface area contributed by atoms with E-state index in [2.05, 4.69) is 119 Å². The van der Waals surface area contributed by atoms with E-state index in [1.165, 1.54) is 17.7 Å². The number of fused-ring (bicyclic) bond motifs is 6. The zero-order valence-electron chi connectivity index (χ0n) is 24.8. The highest BCUT2D eigenvalue weighted by atomic mass is 19.1. The second kappa shape index (κ2) is 10.5. The second-order valence-corrected chi connectivity index (χ2v) is 11.5. The Balaban J connectivity index is 1.30. The van der Waals surface area contributed by atoms with Crippen molar-refractivity contribution in [2.75, 3.05) is 4.90 Å². The molecule has 0 aliphatic carbocycles. The van der Waals surface area contributed by atoms with E-state index in [0.29, 0.717) is 0 Å². The smallest absolute Gasteiger partial charge is 0.137 e. The van der Waals surface area contributed by atoms with Gasteiger partial charge in [-0.3, -0.25) is 0 Å². The summed E-state index contributed by atoms with van der Waals surface area (Å²) in [5, 5.41) is 4.40. The van der Waals surface area contributed by atoms with Crippen molar-refractivity contribution in [1.82, 2.24) is 4.57 Å². The third-order valence-electron chi connectivity index (χ3n) is 8.85. The number of nitrogens with zero attached hydrogens (tertiary/aromatic N) is 2. The molecule has 0 aliphatic heterocycles. The molecule has 0 amide bonds. The number of rotatable bonds is 5. The molecule has 0 bridgehead atoms. The molecule has 0 aliphatic rings. The van der Waals surface area contributed by atoms with Gasteiger partial charge in [0.25, 0.3) is 0 Å². The first-order valence-electron chi connectivity index (χ1n) is 15.4. The first-order valence-corrected chi connectivity index (χ1v) is 15.4. The molecule has 46 heavy (non-hydrogen) atoms. The molecule has 0 radical (unpaired) electrons. The van der Waals surface area contributed by atoms with Crippen LogP contribution in [0.5, 0.6) is 0 Å². The predicted molar refractivity (Wildman–Crippen MR) is 188 cm³/mol. The first-order chi connectivity index (χ1) is 22.7. The largest absolute Gasteiger partial charge is 0.456 e. The molecule has 218 valence electrons. The molecule has 0 N–H and O–H groups in total. The molecule has 0 atom stereocenters. The number of aromatic nitrogens is 1. The minimum Gasteiger partial charge on any atom is -0.456 e. The predicted octanol–water partition coefficient (Wildman–Crippen LogP) is 12.0. The number of benzene rings is 7. The molecule has 0 fully saturated rings. The molecule has 0 spiro atoms. The van der Waals surface area contributed by atoms with Gasteiger partial charge in [0.1, 0.15) is 17.0 Å². The summed E-state index contributed by atoms with van der Waals surface area (Å²) < 4.78 is 22.4. The van der Waals surface area contributed by atoms with Gasteiger partial charge in [-0.15, -0.1) is 0 Å². The van der Waals surface area contributed by atoms with E-state index in [1.807, 2.05) is 42.5 Å². The Morgan fingerprint density at radius 3 is 1.96 bits per heavy atom. The van der Waals surface area contributed by atoms with Gasteiger partial charge in [0.2, 0.25) is 0 Å². The zero-order chi connectivity index (χ0) is 30.6. The quantitative estimate of drug-likeness (QED) is 0.198. The average Bonchev–Trinajstić information content (AvgIpc) is 3.66. The van der Waals surface area contributed by atoms with Crippen molar-refractivity contribution in [2.24, 2.45) is 0 Å². The van der Waals surface area contributed by atoms with Crippen LogP contribution in [0.3, 0.4) is 0 Å². The fourth-order valence-corrected chi connectivity index (χ4v) is 6.77. The lowest BCUT2D eigenvalue weighted by Gasteiger charge is -2.26. The summed E-state index contributed by atoms with van der Waals surface area (Å²) in [5.41, 5.74) is 10.2. The van der Waals surface area contributed by atoms with Gasteiger partial charge in [-0.25, -0.2) is 4.39 Å². The van der Waals surface area contributed by atoms with Gasteiger partial charge in [-0.1, -0.05) is 84.9 Å². The number of hydrogen-bond donors (Lipinski definition) is 0. The Hall–Kier alpha value is -6.13. The van der Waals surface area contributed by atoms with E-state index in [-0.39, 0.29) is 5.82 Å². The maximum atomic E-state index is 13.9. The van der Waals surface area contributed by atoms with Crippen LogP contribution in [-0.2, 0) is 0 Å². The fourth-order valence-electron chi connectivity index (χ4n) is 6.77.